The molecule has 2 amide bonds. The van der Waals surface area contributed by atoms with Gasteiger partial charge in [0.25, 0.3) is 0 Å². The van der Waals surface area contributed by atoms with Gasteiger partial charge in [0.2, 0.25) is 11.8 Å². The van der Waals surface area contributed by atoms with Crippen molar-refractivity contribution in [1.29, 1.82) is 0 Å². The summed E-state index contributed by atoms with van der Waals surface area (Å²) in [6.45, 7) is 10.9. The van der Waals surface area contributed by atoms with Crippen LogP contribution in [0.1, 0.15) is 13.8 Å². The molecule has 0 atom stereocenters. The van der Waals surface area contributed by atoms with E-state index in [1.165, 1.54) is 6.92 Å². The monoisotopic (exact) mass is 374 g/mol. The van der Waals surface area contributed by atoms with Gasteiger partial charge in [-0.05, 0) is 18.7 Å². The Labute approximate surface area is 161 Å². The number of nitrogens with zero attached hydrogens (tertiary/aromatic N) is 4. The molecule has 0 aliphatic carbocycles. The van der Waals surface area contributed by atoms with Gasteiger partial charge in [-0.15, -0.1) is 0 Å². The van der Waals surface area contributed by atoms with Crippen molar-refractivity contribution in [3.05, 3.63) is 24.3 Å². The Morgan fingerprint density at radius 2 is 1.70 bits per heavy atom. The van der Waals surface area contributed by atoms with E-state index in [4.69, 9.17) is 4.74 Å². The number of anilines is 2. The minimum atomic E-state index is -0.115. The van der Waals surface area contributed by atoms with Crippen LogP contribution < -0.4 is 9.80 Å². The highest BCUT2D eigenvalue weighted by Crippen LogP contribution is 2.30. The van der Waals surface area contributed by atoms with Crippen LogP contribution >= 0.6 is 0 Å². The van der Waals surface area contributed by atoms with Crippen LogP contribution in [0.2, 0.25) is 0 Å². The van der Waals surface area contributed by atoms with Gasteiger partial charge >= 0.3 is 0 Å². The maximum absolute atomic E-state index is 12.8. The van der Waals surface area contributed by atoms with Crippen LogP contribution in [0.25, 0.3) is 0 Å². The minimum Gasteiger partial charge on any atom is -0.378 e. The highest BCUT2D eigenvalue weighted by Gasteiger charge is 2.26. The van der Waals surface area contributed by atoms with E-state index < -0.39 is 0 Å². The Morgan fingerprint density at radius 3 is 2.33 bits per heavy atom. The van der Waals surface area contributed by atoms with Gasteiger partial charge in [0.05, 0.1) is 24.6 Å². The molecule has 2 saturated heterocycles. The molecular weight excluding hydrogens is 344 g/mol. The third-order valence-electron chi connectivity index (χ3n) is 5.37. The van der Waals surface area contributed by atoms with Gasteiger partial charge in [-0.3, -0.25) is 9.59 Å². The number of likely N-dealkylation sites (N-methyl/N-ethyl adjacent to an activating group) is 1. The summed E-state index contributed by atoms with van der Waals surface area (Å²) >= 11 is 0. The molecule has 1 aromatic carbocycles. The summed E-state index contributed by atoms with van der Waals surface area (Å²) in [7, 11) is 0. The van der Waals surface area contributed by atoms with E-state index in [9.17, 15) is 9.59 Å². The maximum Gasteiger partial charge on any atom is 0.242 e. The fourth-order valence-corrected chi connectivity index (χ4v) is 3.68. The zero-order valence-corrected chi connectivity index (χ0v) is 16.4. The first-order valence-electron chi connectivity index (χ1n) is 9.80. The number of benzene rings is 1. The number of carbonyl (C=O) groups excluding carboxylic acids is 2. The van der Waals surface area contributed by atoms with Crippen LogP contribution in [0, 0.1) is 0 Å². The van der Waals surface area contributed by atoms with Crippen molar-refractivity contribution in [3.8, 4) is 0 Å². The number of hydrogen-bond donors (Lipinski definition) is 0. The Kier molecular flexibility index (Phi) is 6.68. The van der Waals surface area contributed by atoms with Gasteiger partial charge in [0.1, 0.15) is 6.54 Å². The van der Waals surface area contributed by atoms with Crippen molar-refractivity contribution in [2.45, 2.75) is 13.8 Å². The molecule has 2 aliphatic heterocycles. The lowest BCUT2D eigenvalue weighted by Gasteiger charge is -2.36. The second-order valence-corrected chi connectivity index (χ2v) is 7.01. The zero-order chi connectivity index (χ0) is 19.2. The molecule has 27 heavy (non-hydrogen) atoms. The van der Waals surface area contributed by atoms with Crippen molar-refractivity contribution in [2.75, 3.05) is 75.4 Å². The lowest BCUT2D eigenvalue weighted by Crippen LogP contribution is -2.51. The number of carbonyl (C=O) groups is 2. The first kappa shape index (κ1) is 19.6. The Balaban J connectivity index is 1.74. The van der Waals surface area contributed by atoms with Gasteiger partial charge in [-0.1, -0.05) is 19.1 Å². The van der Waals surface area contributed by atoms with Gasteiger partial charge in [0, 0.05) is 46.2 Å². The van der Waals surface area contributed by atoms with Crippen LogP contribution in [0.15, 0.2) is 24.3 Å². The summed E-state index contributed by atoms with van der Waals surface area (Å²) in [6.07, 6.45) is 0. The highest BCUT2D eigenvalue weighted by atomic mass is 16.5. The number of piperazine rings is 1. The minimum absolute atomic E-state index is 0.0118. The average molecular weight is 374 g/mol. The average Bonchev–Trinajstić information content (AvgIpc) is 2.72. The number of ether oxygens (including phenoxy) is 1. The van der Waals surface area contributed by atoms with Crippen LogP contribution in [0.3, 0.4) is 0 Å². The molecule has 0 unspecified atom stereocenters. The summed E-state index contributed by atoms with van der Waals surface area (Å²) in [6, 6.07) is 7.83. The predicted octanol–water partition coefficient (Wildman–Crippen LogP) is 1.04. The van der Waals surface area contributed by atoms with Gasteiger partial charge in [-0.25, -0.2) is 0 Å². The molecule has 0 saturated carbocycles. The molecular formula is C20H30N4O3. The van der Waals surface area contributed by atoms with Crippen molar-refractivity contribution < 1.29 is 14.3 Å². The number of para-hydroxylation sites is 2. The van der Waals surface area contributed by atoms with E-state index in [-0.39, 0.29) is 18.4 Å². The van der Waals surface area contributed by atoms with E-state index in [1.54, 1.807) is 4.90 Å². The molecule has 2 heterocycles. The maximum atomic E-state index is 12.8. The summed E-state index contributed by atoms with van der Waals surface area (Å²) in [4.78, 5) is 33.3. The van der Waals surface area contributed by atoms with E-state index >= 15 is 0 Å². The standard InChI is InChI=1S/C20H30N4O3/c1-3-21-8-10-23(11-9-21)20(26)16-24(17(2)25)19-7-5-4-6-18(19)22-12-14-27-15-13-22/h4-7H,3,8-16H2,1-2H3. The molecule has 0 radical (unpaired) electrons. The fraction of sp³-hybridized carbons (Fsp3) is 0.600. The number of rotatable bonds is 5. The third-order valence-corrected chi connectivity index (χ3v) is 5.37. The molecule has 7 heteroatoms. The normalized spacial score (nSPS) is 18.4. The molecule has 148 valence electrons. The molecule has 3 rings (SSSR count). The van der Waals surface area contributed by atoms with Crippen molar-refractivity contribution in [1.82, 2.24) is 9.80 Å². The second-order valence-electron chi connectivity index (χ2n) is 7.01. The zero-order valence-electron chi connectivity index (χ0n) is 16.4. The van der Waals surface area contributed by atoms with Gasteiger partial charge < -0.3 is 24.3 Å². The third kappa shape index (κ3) is 4.78. The van der Waals surface area contributed by atoms with Crippen molar-refractivity contribution in [2.24, 2.45) is 0 Å². The molecule has 0 bridgehead atoms. The quantitative estimate of drug-likeness (QED) is 0.771. The molecule has 7 nitrogen and oxygen atoms in total. The van der Waals surface area contributed by atoms with E-state index in [2.05, 4.69) is 16.7 Å². The van der Waals surface area contributed by atoms with E-state index in [1.807, 2.05) is 29.2 Å². The highest BCUT2D eigenvalue weighted by molar-refractivity contribution is 6.00. The Morgan fingerprint density at radius 1 is 1.04 bits per heavy atom. The molecule has 0 spiro atoms. The second kappa shape index (κ2) is 9.19. The van der Waals surface area contributed by atoms with Crippen LogP contribution in [-0.4, -0.2) is 87.2 Å². The first-order chi connectivity index (χ1) is 13.1. The molecule has 0 N–H and O–H groups in total. The summed E-state index contributed by atoms with van der Waals surface area (Å²) in [5, 5.41) is 0. The predicted molar refractivity (Wildman–Crippen MR) is 106 cm³/mol. The number of amides is 2. The van der Waals surface area contributed by atoms with Crippen LogP contribution in [-0.2, 0) is 14.3 Å². The van der Waals surface area contributed by atoms with E-state index in [0.29, 0.717) is 13.2 Å². The van der Waals surface area contributed by atoms with Crippen LogP contribution in [0.4, 0.5) is 11.4 Å². The molecule has 1 aromatic rings. The Bertz CT molecular complexity index is 652. The van der Waals surface area contributed by atoms with Crippen LogP contribution in [0.5, 0.6) is 0 Å². The van der Waals surface area contributed by atoms with E-state index in [0.717, 1.165) is 57.2 Å². The largest absolute Gasteiger partial charge is 0.378 e. The topological polar surface area (TPSA) is 56.3 Å². The number of morpholine rings is 1. The lowest BCUT2D eigenvalue weighted by atomic mass is 10.2. The van der Waals surface area contributed by atoms with Crippen molar-refractivity contribution >= 4 is 23.2 Å². The molecule has 2 fully saturated rings. The summed E-state index contributed by atoms with van der Waals surface area (Å²) in [5.74, 6) is -0.103. The summed E-state index contributed by atoms with van der Waals surface area (Å²) in [5.41, 5.74) is 1.78. The van der Waals surface area contributed by atoms with Gasteiger partial charge in [0.15, 0.2) is 0 Å². The van der Waals surface area contributed by atoms with Crippen molar-refractivity contribution in [3.63, 3.8) is 0 Å². The SMILES string of the molecule is CCN1CCN(C(=O)CN(C(C)=O)c2ccccc2N2CCOCC2)CC1. The summed E-state index contributed by atoms with van der Waals surface area (Å²) < 4.78 is 5.44. The lowest BCUT2D eigenvalue weighted by molar-refractivity contribution is -0.132. The first-order valence-corrected chi connectivity index (χ1v) is 9.80. The molecule has 2 aliphatic rings. The van der Waals surface area contributed by atoms with Gasteiger partial charge in [-0.2, -0.15) is 0 Å². The Hall–Kier alpha value is -2.12. The number of hydrogen-bond acceptors (Lipinski definition) is 5. The smallest absolute Gasteiger partial charge is 0.242 e. The molecule has 0 aromatic heterocycles. The fourth-order valence-electron chi connectivity index (χ4n) is 3.68.